The minimum absolute atomic E-state index is 0.168. The number of rotatable bonds is 3. The van der Waals surface area contributed by atoms with Crippen LogP contribution in [0.4, 0.5) is 0 Å². The average Bonchev–Trinajstić information content (AvgIpc) is 2.18. The van der Waals surface area contributed by atoms with Gasteiger partial charge in [0.05, 0.1) is 13.5 Å². The molecule has 0 heterocycles. The Kier molecular flexibility index (Phi) is 3.29. The van der Waals surface area contributed by atoms with Gasteiger partial charge in [-0.3, -0.25) is 4.79 Å². The number of esters is 1. The van der Waals surface area contributed by atoms with Gasteiger partial charge in [0.25, 0.3) is 0 Å². The van der Waals surface area contributed by atoms with Crippen LogP contribution < -0.4 is 0 Å². The minimum atomic E-state index is -0.317. The molecule has 0 saturated heterocycles. The number of carbonyl (C=O) groups is 1. The maximum absolute atomic E-state index is 10.9. The van der Waals surface area contributed by atoms with Gasteiger partial charge in [0.2, 0.25) is 0 Å². The first-order valence-electron chi connectivity index (χ1n) is 4.17. The van der Waals surface area contributed by atoms with Crippen LogP contribution in [-0.4, -0.2) is 18.2 Å². The largest absolute Gasteiger partial charge is 0.508 e. The second-order valence-electron chi connectivity index (χ2n) is 2.90. The highest BCUT2D eigenvalue weighted by atomic mass is 16.5. The molecule has 0 bridgehead atoms. The molecule has 0 unspecified atom stereocenters. The van der Waals surface area contributed by atoms with Crippen molar-refractivity contribution in [3.63, 3.8) is 0 Å². The fourth-order valence-corrected chi connectivity index (χ4v) is 1.05. The highest BCUT2D eigenvalue weighted by molar-refractivity contribution is 5.84. The lowest BCUT2D eigenvalue weighted by molar-refractivity contribution is -0.139. The first-order chi connectivity index (χ1) is 6.63. The van der Waals surface area contributed by atoms with E-state index in [-0.39, 0.29) is 18.1 Å². The first-order valence-corrected chi connectivity index (χ1v) is 4.17. The molecular weight excluding hydrogens is 180 g/mol. The fraction of sp³-hybridized carbons (Fsp3) is 0.182. The van der Waals surface area contributed by atoms with Crippen molar-refractivity contribution in [1.82, 2.24) is 0 Å². The molecule has 0 radical (unpaired) electrons. The Hall–Kier alpha value is -1.77. The number of aromatic hydroxyl groups is 1. The van der Waals surface area contributed by atoms with E-state index in [4.69, 9.17) is 5.11 Å². The van der Waals surface area contributed by atoms with E-state index in [2.05, 4.69) is 11.3 Å². The lowest BCUT2D eigenvalue weighted by Crippen LogP contribution is -2.00. The lowest BCUT2D eigenvalue weighted by atomic mass is 10.0. The molecular formula is C11H12O3. The molecule has 0 amide bonds. The van der Waals surface area contributed by atoms with Crippen molar-refractivity contribution in [2.24, 2.45) is 0 Å². The standard InChI is InChI=1S/C11H12O3/c1-8(7-11(13)14-2)9-3-5-10(12)6-4-9/h3-6,12H,1,7H2,2H3. The van der Waals surface area contributed by atoms with Crippen LogP contribution >= 0.6 is 0 Å². The Morgan fingerprint density at radius 1 is 1.43 bits per heavy atom. The summed E-state index contributed by atoms with van der Waals surface area (Å²) in [6.07, 6.45) is 0.168. The maximum atomic E-state index is 10.9. The number of carbonyl (C=O) groups excluding carboxylic acids is 1. The van der Waals surface area contributed by atoms with Crippen molar-refractivity contribution in [2.75, 3.05) is 7.11 Å². The zero-order valence-electron chi connectivity index (χ0n) is 7.99. The quantitative estimate of drug-likeness (QED) is 0.745. The number of methoxy groups -OCH3 is 1. The number of phenolic OH excluding ortho intramolecular Hbond substituents is 1. The predicted octanol–water partition coefficient (Wildman–Crippen LogP) is 1.97. The SMILES string of the molecule is C=C(CC(=O)OC)c1ccc(O)cc1. The van der Waals surface area contributed by atoms with Crippen LogP contribution in [0.2, 0.25) is 0 Å². The summed E-state index contributed by atoms with van der Waals surface area (Å²) in [7, 11) is 1.34. The van der Waals surface area contributed by atoms with Gasteiger partial charge in [-0.15, -0.1) is 0 Å². The molecule has 1 rings (SSSR count). The fourth-order valence-electron chi connectivity index (χ4n) is 1.05. The molecule has 0 aliphatic carbocycles. The summed E-state index contributed by atoms with van der Waals surface area (Å²) in [6, 6.07) is 6.52. The van der Waals surface area contributed by atoms with Crippen molar-refractivity contribution in [2.45, 2.75) is 6.42 Å². The van der Waals surface area contributed by atoms with E-state index in [1.54, 1.807) is 24.3 Å². The molecule has 0 atom stereocenters. The van der Waals surface area contributed by atoms with Crippen molar-refractivity contribution < 1.29 is 14.6 Å². The van der Waals surface area contributed by atoms with E-state index in [9.17, 15) is 4.79 Å². The first kappa shape index (κ1) is 10.3. The monoisotopic (exact) mass is 192 g/mol. The Labute approximate surface area is 82.6 Å². The number of phenols is 1. The average molecular weight is 192 g/mol. The summed E-state index contributed by atoms with van der Waals surface area (Å²) in [4.78, 5) is 10.9. The van der Waals surface area contributed by atoms with E-state index in [0.717, 1.165) is 5.56 Å². The van der Waals surface area contributed by atoms with E-state index in [0.29, 0.717) is 5.57 Å². The van der Waals surface area contributed by atoms with E-state index < -0.39 is 0 Å². The minimum Gasteiger partial charge on any atom is -0.508 e. The highest BCUT2D eigenvalue weighted by Crippen LogP contribution is 2.19. The van der Waals surface area contributed by atoms with Gasteiger partial charge in [-0.25, -0.2) is 0 Å². The van der Waals surface area contributed by atoms with Gasteiger partial charge in [0, 0.05) is 0 Å². The van der Waals surface area contributed by atoms with Gasteiger partial charge in [-0.1, -0.05) is 18.7 Å². The Balaban J connectivity index is 2.70. The van der Waals surface area contributed by atoms with Crippen LogP contribution in [0.15, 0.2) is 30.8 Å². The van der Waals surface area contributed by atoms with Crippen LogP contribution in [-0.2, 0) is 9.53 Å². The van der Waals surface area contributed by atoms with Crippen molar-refractivity contribution in [1.29, 1.82) is 0 Å². The van der Waals surface area contributed by atoms with Gasteiger partial charge in [-0.05, 0) is 23.3 Å². The second kappa shape index (κ2) is 4.46. The van der Waals surface area contributed by atoms with Crippen LogP contribution in [0.3, 0.4) is 0 Å². The van der Waals surface area contributed by atoms with Gasteiger partial charge < -0.3 is 9.84 Å². The molecule has 0 aromatic heterocycles. The molecule has 14 heavy (non-hydrogen) atoms. The zero-order chi connectivity index (χ0) is 10.6. The number of hydrogen-bond donors (Lipinski definition) is 1. The topological polar surface area (TPSA) is 46.5 Å². The van der Waals surface area contributed by atoms with Crippen molar-refractivity contribution in [3.8, 4) is 5.75 Å². The van der Waals surface area contributed by atoms with Gasteiger partial charge in [0.1, 0.15) is 5.75 Å². The molecule has 3 nitrogen and oxygen atoms in total. The second-order valence-corrected chi connectivity index (χ2v) is 2.90. The van der Waals surface area contributed by atoms with Crippen LogP contribution in [0.25, 0.3) is 5.57 Å². The molecule has 1 aromatic carbocycles. The molecule has 0 fully saturated rings. The Morgan fingerprint density at radius 3 is 2.50 bits per heavy atom. The van der Waals surface area contributed by atoms with Crippen molar-refractivity contribution >= 4 is 11.5 Å². The highest BCUT2D eigenvalue weighted by Gasteiger charge is 2.05. The van der Waals surface area contributed by atoms with Crippen LogP contribution in [0.5, 0.6) is 5.75 Å². The third-order valence-corrected chi connectivity index (χ3v) is 1.86. The van der Waals surface area contributed by atoms with Gasteiger partial charge in [-0.2, -0.15) is 0 Å². The molecule has 0 saturated carbocycles. The summed E-state index contributed by atoms with van der Waals surface area (Å²) >= 11 is 0. The van der Waals surface area contributed by atoms with E-state index in [1.807, 2.05) is 0 Å². The number of hydrogen-bond acceptors (Lipinski definition) is 3. The molecule has 0 aliphatic heterocycles. The normalized spacial score (nSPS) is 9.50. The van der Waals surface area contributed by atoms with Gasteiger partial charge in [0.15, 0.2) is 0 Å². The zero-order valence-corrected chi connectivity index (χ0v) is 7.99. The molecule has 1 aromatic rings. The lowest BCUT2D eigenvalue weighted by Gasteiger charge is -2.04. The number of ether oxygens (including phenoxy) is 1. The van der Waals surface area contributed by atoms with E-state index >= 15 is 0 Å². The Bertz CT molecular complexity index is 338. The summed E-state index contributed by atoms with van der Waals surface area (Å²) in [5, 5.41) is 9.05. The third-order valence-electron chi connectivity index (χ3n) is 1.86. The maximum Gasteiger partial charge on any atom is 0.309 e. The predicted molar refractivity (Wildman–Crippen MR) is 53.8 cm³/mol. The third kappa shape index (κ3) is 2.62. The summed E-state index contributed by atoms with van der Waals surface area (Å²) in [6.45, 7) is 3.76. The molecule has 74 valence electrons. The smallest absolute Gasteiger partial charge is 0.309 e. The summed E-state index contributed by atoms with van der Waals surface area (Å²) < 4.78 is 4.52. The summed E-state index contributed by atoms with van der Waals surface area (Å²) in [5.41, 5.74) is 1.50. The van der Waals surface area contributed by atoms with Crippen molar-refractivity contribution in [3.05, 3.63) is 36.4 Å². The number of benzene rings is 1. The van der Waals surface area contributed by atoms with Crippen LogP contribution in [0.1, 0.15) is 12.0 Å². The van der Waals surface area contributed by atoms with E-state index in [1.165, 1.54) is 7.11 Å². The molecule has 1 N–H and O–H groups in total. The van der Waals surface area contributed by atoms with Crippen LogP contribution in [0, 0.1) is 0 Å². The molecule has 3 heteroatoms. The molecule has 0 spiro atoms. The molecule has 0 aliphatic rings. The van der Waals surface area contributed by atoms with Gasteiger partial charge >= 0.3 is 5.97 Å². The Morgan fingerprint density at radius 2 is 2.00 bits per heavy atom. The summed E-state index contributed by atoms with van der Waals surface area (Å²) in [5.74, 6) is -0.123.